The Kier molecular flexibility index (Phi) is 3.32. The van der Waals surface area contributed by atoms with Crippen LogP contribution in [-0.4, -0.2) is 15.9 Å². The van der Waals surface area contributed by atoms with E-state index in [2.05, 4.69) is 28.3 Å². The molecule has 0 bridgehead atoms. The van der Waals surface area contributed by atoms with Crippen LogP contribution in [0.5, 0.6) is 0 Å². The number of ketones is 1. The molecule has 22 heavy (non-hydrogen) atoms. The number of aromatic nitrogens is 2. The van der Waals surface area contributed by atoms with E-state index in [0.717, 1.165) is 24.3 Å². The van der Waals surface area contributed by atoms with E-state index < -0.39 is 0 Å². The van der Waals surface area contributed by atoms with Gasteiger partial charge in [-0.3, -0.25) is 0 Å². The molecule has 0 saturated heterocycles. The number of rotatable bonds is 4. The van der Waals surface area contributed by atoms with E-state index in [0.29, 0.717) is 24.1 Å². The van der Waals surface area contributed by atoms with E-state index in [9.17, 15) is 4.79 Å². The van der Waals surface area contributed by atoms with Crippen LogP contribution < -0.4 is 0 Å². The van der Waals surface area contributed by atoms with E-state index >= 15 is 0 Å². The van der Waals surface area contributed by atoms with E-state index in [1.807, 2.05) is 0 Å². The molecule has 0 N–H and O–H groups in total. The maximum atomic E-state index is 11.4. The van der Waals surface area contributed by atoms with Crippen molar-refractivity contribution in [2.45, 2.75) is 57.3 Å². The third-order valence-electron chi connectivity index (χ3n) is 5.03. The summed E-state index contributed by atoms with van der Waals surface area (Å²) in [6.07, 6.45) is 6.35. The van der Waals surface area contributed by atoms with Gasteiger partial charge in [0.05, 0.1) is 0 Å². The number of carbonyl (C=O) groups excluding carboxylic acids is 1. The predicted molar refractivity (Wildman–Crippen MR) is 82.7 cm³/mol. The first-order valence-electron chi connectivity index (χ1n) is 8.17. The van der Waals surface area contributed by atoms with Crippen LogP contribution in [-0.2, 0) is 11.2 Å². The van der Waals surface area contributed by atoms with Gasteiger partial charge in [-0.1, -0.05) is 23.7 Å². The second-order valence-corrected chi connectivity index (χ2v) is 6.64. The molecule has 0 unspecified atom stereocenters. The Morgan fingerprint density at radius 3 is 2.91 bits per heavy atom. The second-order valence-electron chi connectivity index (χ2n) is 6.64. The summed E-state index contributed by atoms with van der Waals surface area (Å²) in [5.41, 5.74) is 3.68. The molecule has 0 aliphatic heterocycles. The zero-order valence-corrected chi connectivity index (χ0v) is 12.8. The monoisotopic (exact) mass is 296 g/mol. The SMILES string of the molecule is CC(=O)C[C@@H]1CCc2cc(-c3noc(C4CCC4)n3)ccc21. The summed E-state index contributed by atoms with van der Waals surface area (Å²) in [6, 6.07) is 6.38. The van der Waals surface area contributed by atoms with Gasteiger partial charge in [0.1, 0.15) is 5.78 Å². The number of nitrogens with zero attached hydrogens (tertiary/aromatic N) is 2. The maximum Gasteiger partial charge on any atom is 0.230 e. The van der Waals surface area contributed by atoms with Crippen LogP contribution in [0.25, 0.3) is 11.4 Å². The van der Waals surface area contributed by atoms with Gasteiger partial charge in [-0.2, -0.15) is 4.98 Å². The van der Waals surface area contributed by atoms with E-state index in [1.165, 1.54) is 30.4 Å². The minimum atomic E-state index is 0.269. The summed E-state index contributed by atoms with van der Waals surface area (Å²) in [5, 5.41) is 4.14. The van der Waals surface area contributed by atoms with E-state index in [-0.39, 0.29) is 5.78 Å². The van der Waals surface area contributed by atoms with Crippen molar-refractivity contribution in [2.24, 2.45) is 0 Å². The van der Waals surface area contributed by atoms with Gasteiger partial charge in [0, 0.05) is 17.9 Å². The van der Waals surface area contributed by atoms with E-state index in [4.69, 9.17) is 4.52 Å². The summed E-state index contributed by atoms with van der Waals surface area (Å²) in [5.74, 6) is 2.61. The van der Waals surface area contributed by atoms with Gasteiger partial charge < -0.3 is 9.32 Å². The number of carbonyl (C=O) groups is 1. The first kappa shape index (κ1) is 13.7. The Morgan fingerprint density at radius 1 is 1.32 bits per heavy atom. The molecule has 1 aromatic carbocycles. The smallest absolute Gasteiger partial charge is 0.230 e. The Bertz CT molecular complexity index is 716. The largest absolute Gasteiger partial charge is 0.339 e. The lowest BCUT2D eigenvalue weighted by atomic mass is 9.85. The molecule has 1 heterocycles. The molecular weight excluding hydrogens is 276 g/mol. The van der Waals surface area contributed by atoms with Crippen LogP contribution in [0.2, 0.25) is 0 Å². The number of aryl methyl sites for hydroxylation is 1. The van der Waals surface area contributed by atoms with Gasteiger partial charge in [0.25, 0.3) is 0 Å². The van der Waals surface area contributed by atoms with Crippen LogP contribution in [0.15, 0.2) is 22.7 Å². The Labute approximate surface area is 129 Å². The highest BCUT2D eigenvalue weighted by Gasteiger charge is 2.27. The highest BCUT2D eigenvalue weighted by atomic mass is 16.5. The molecule has 1 atom stereocenters. The van der Waals surface area contributed by atoms with Gasteiger partial charge in [0.2, 0.25) is 11.7 Å². The minimum Gasteiger partial charge on any atom is -0.339 e. The maximum absolute atomic E-state index is 11.4. The first-order valence-corrected chi connectivity index (χ1v) is 8.17. The highest BCUT2D eigenvalue weighted by molar-refractivity contribution is 5.76. The summed E-state index contributed by atoms with van der Waals surface area (Å²) < 4.78 is 5.41. The third-order valence-corrected chi connectivity index (χ3v) is 5.03. The topological polar surface area (TPSA) is 56.0 Å². The number of fused-ring (bicyclic) bond motifs is 1. The van der Waals surface area contributed by atoms with E-state index in [1.54, 1.807) is 6.92 Å². The zero-order chi connectivity index (χ0) is 15.1. The zero-order valence-electron chi connectivity index (χ0n) is 12.8. The summed E-state index contributed by atoms with van der Waals surface area (Å²) in [6.45, 7) is 1.67. The fraction of sp³-hybridized carbons (Fsp3) is 0.500. The van der Waals surface area contributed by atoms with Gasteiger partial charge >= 0.3 is 0 Å². The molecule has 0 radical (unpaired) electrons. The minimum absolute atomic E-state index is 0.269. The van der Waals surface area contributed by atoms with Crippen molar-refractivity contribution in [1.82, 2.24) is 10.1 Å². The molecule has 114 valence electrons. The first-order chi connectivity index (χ1) is 10.7. The van der Waals surface area contributed by atoms with Crippen molar-refractivity contribution < 1.29 is 9.32 Å². The van der Waals surface area contributed by atoms with Crippen molar-refractivity contribution in [3.05, 3.63) is 35.2 Å². The van der Waals surface area contributed by atoms with Crippen LogP contribution >= 0.6 is 0 Å². The summed E-state index contributed by atoms with van der Waals surface area (Å²) in [7, 11) is 0. The molecule has 2 aliphatic carbocycles. The molecule has 4 nitrogen and oxygen atoms in total. The number of hydrogen-bond acceptors (Lipinski definition) is 4. The molecule has 2 aliphatic rings. The molecule has 1 fully saturated rings. The quantitative estimate of drug-likeness (QED) is 0.855. The molecule has 1 saturated carbocycles. The van der Waals surface area contributed by atoms with Crippen molar-refractivity contribution in [3.63, 3.8) is 0 Å². The average Bonchev–Trinajstić information content (AvgIpc) is 3.04. The van der Waals surface area contributed by atoms with Gasteiger partial charge in [0.15, 0.2) is 0 Å². The standard InChI is InChI=1S/C18H20N2O2/c1-11(21)9-13-5-6-14-10-15(7-8-16(13)14)17-19-18(22-20-17)12-3-2-4-12/h7-8,10,12-13H,2-6,9H2,1H3/t13-/m0/s1. The number of benzene rings is 1. The molecule has 1 aromatic heterocycles. The van der Waals surface area contributed by atoms with Crippen LogP contribution in [0.1, 0.15) is 67.9 Å². The average molecular weight is 296 g/mol. The van der Waals surface area contributed by atoms with Gasteiger partial charge in [-0.15, -0.1) is 0 Å². The van der Waals surface area contributed by atoms with Gasteiger partial charge in [-0.25, -0.2) is 0 Å². The van der Waals surface area contributed by atoms with Crippen molar-refractivity contribution >= 4 is 5.78 Å². The molecule has 0 spiro atoms. The lowest BCUT2D eigenvalue weighted by molar-refractivity contribution is -0.117. The Morgan fingerprint density at radius 2 is 2.18 bits per heavy atom. The lowest BCUT2D eigenvalue weighted by Crippen LogP contribution is -2.08. The normalized spacial score (nSPS) is 20.7. The fourth-order valence-corrected chi connectivity index (χ4v) is 3.58. The molecule has 0 amide bonds. The fourth-order valence-electron chi connectivity index (χ4n) is 3.58. The second kappa shape index (κ2) is 5.34. The van der Waals surface area contributed by atoms with Crippen LogP contribution in [0.3, 0.4) is 0 Å². The van der Waals surface area contributed by atoms with Crippen molar-refractivity contribution in [1.29, 1.82) is 0 Å². The Balaban J connectivity index is 1.59. The summed E-state index contributed by atoms with van der Waals surface area (Å²) in [4.78, 5) is 15.9. The summed E-state index contributed by atoms with van der Waals surface area (Å²) >= 11 is 0. The third kappa shape index (κ3) is 2.36. The number of hydrogen-bond donors (Lipinski definition) is 0. The molecule has 4 heteroatoms. The molecule has 4 rings (SSSR count). The van der Waals surface area contributed by atoms with Crippen LogP contribution in [0.4, 0.5) is 0 Å². The van der Waals surface area contributed by atoms with Crippen molar-refractivity contribution in [2.75, 3.05) is 0 Å². The predicted octanol–water partition coefficient (Wildman–Crippen LogP) is 4.01. The molecular formula is C18H20N2O2. The van der Waals surface area contributed by atoms with Gasteiger partial charge in [-0.05, 0) is 55.7 Å². The van der Waals surface area contributed by atoms with Crippen LogP contribution in [0, 0.1) is 0 Å². The number of Topliss-reactive ketones (excluding diaryl/α,β-unsaturated/α-hetero) is 1. The highest BCUT2D eigenvalue weighted by Crippen LogP contribution is 2.38. The van der Waals surface area contributed by atoms with Crippen molar-refractivity contribution in [3.8, 4) is 11.4 Å². The Hall–Kier alpha value is -1.97. The lowest BCUT2D eigenvalue weighted by Gasteiger charge is -2.20. The molecule has 2 aromatic rings.